The summed E-state index contributed by atoms with van der Waals surface area (Å²) in [6.45, 7) is 8.03. The van der Waals surface area contributed by atoms with Crippen LogP contribution in [0.2, 0.25) is 0 Å². The summed E-state index contributed by atoms with van der Waals surface area (Å²) >= 11 is 0. The Labute approximate surface area is 102 Å². The molecule has 0 aliphatic heterocycles. The van der Waals surface area contributed by atoms with Crippen LogP contribution in [0.5, 0.6) is 0 Å². The van der Waals surface area contributed by atoms with Gasteiger partial charge in [0.1, 0.15) is 6.04 Å². The molecular weight excluding hydrogens is 227 g/mol. The van der Waals surface area contributed by atoms with Gasteiger partial charge in [0.25, 0.3) is 0 Å². The van der Waals surface area contributed by atoms with Gasteiger partial charge in [0.05, 0.1) is 0 Å². The van der Waals surface area contributed by atoms with E-state index in [1.165, 1.54) is 0 Å². The van der Waals surface area contributed by atoms with Crippen LogP contribution in [-0.4, -0.2) is 29.7 Å². The fraction of sp³-hybridized carbons (Fsp3) is 1.00. The van der Waals surface area contributed by atoms with Crippen LogP contribution < -0.4 is 0 Å². The van der Waals surface area contributed by atoms with Crippen LogP contribution in [-0.2, 0) is 0 Å². The van der Waals surface area contributed by atoms with E-state index in [1.54, 1.807) is 18.7 Å². The zero-order chi connectivity index (χ0) is 13.2. The van der Waals surface area contributed by atoms with E-state index < -0.39 is 12.2 Å². The highest BCUT2D eigenvalue weighted by Crippen LogP contribution is 2.38. The topological polar surface area (TPSA) is 3.24 Å². The smallest absolute Gasteiger partial charge is 0.289 e. The highest BCUT2D eigenvalue weighted by Gasteiger charge is 2.49. The Morgan fingerprint density at radius 3 is 1.94 bits per heavy atom. The third kappa shape index (κ3) is 4.49. The third-order valence-corrected chi connectivity index (χ3v) is 3.30. The Morgan fingerprint density at radius 1 is 1.12 bits per heavy atom. The minimum atomic E-state index is -4.10. The van der Waals surface area contributed by atoms with E-state index in [1.807, 2.05) is 0 Å². The number of nitrogens with zero attached hydrogens (tertiary/aromatic N) is 1. The van der Waals surface area contributed by atoms with Gasteiger partial charge in [-0.05, 0) is 37.6 Å². The molecule has 0 unspecified atom stereocenters. The Balaban J connectivity index is 2.71. The molecule has 1 atom stereocenters. The fourth-order valence-corrected chi connectivity index (χ4v) is 2.31. The lowest BCUT2D eigenvalue weighted by Crippen LogP contribution is -2.50. The molecule has 1 rings (SSSR count). The zero-order valence-electron chi connectivity index (χ0n) is 11.2. The minimum absolute atomic E-state index is 0.169. The van der Waals surface area contributed by atoms with Gasteiger partial charge in [0.15, 0.2) is 0 Å². The summed E-state index contributed by atoms with van der Waals surface area (Å²) in [7, 11) is 0. The van der Waals surface area contributed by atoms with E-state index >= 15 is 0 Å². The lowest BCUT2D eigenvalue weighted by molar-refractivity contribution is -0.197. The lowest BCUT2D eigenvalue weighted by atomic mass is 10.0. The number of hydrogen-bond donors (Lipinski definition) is 0. The second-order valence-electron chi connectivity index (χ2n) is 5.88. The molecule has 0 heterocycles. The van der Waals surface area contributed by atoms with E-state index in [9.17, 15) is 13.2 Å². The molecule has 4 heteroatoms. The molecule has 0 N–H and O–H groups in total. The maximum absolute atomic E-state index is 13.1. The molecule has 0 aromatic rings. The molecule has 0 radical (unpaired) electrons. The van der Waals surface area contributed by atoms with Gasteiger partial charge >= 0.3 is 6.18 Å². The molecule has 1 saturated carbocycles. The van der Waals surface area contributed by atoms with Gasteiger partial charge in [-0.3, -0.25) is 4.90 Å². The van der Waals surface area contributed by atoms with Crippen molar-refractivity contribution in [1.82, 2.24) is 4.90 Å². The van der Waals surface area contributed by atoms with Crippen molar-refractivity contribution in [3.63, 3.8) is 0 Å². The van der Waals surface area contributed by atoms with E-state index in [-0.39, 0.29) is 12.0 Å². The minimum Gasteiger partial charge on any atom is -0.289 e. The summed E-state index contributed by atoms with van der Waals surface area (Å²) in [5.74, 6) is 0.0834. The maximum Gasteiger partial charge on any atom is 0.404 e. The third-order valence-electron chi connectivity index (χ3n) is 3.30. The van der Waals surface area contributed by atoms with E-state index in [4.69, 9.17) is 0 Å². The first kappa shape index (κ1) is 14.8. The first-order valence-corrected chi connectivity index (χ1v) is 6.56. The Morgan fingerprint density at radius 2 is 1.65 bits per heavy atom. The van der Waals surface area contributed by atoms with Crippen LogP contribution in [0.3, 0.4) is 0 Å². The highest BCUT2D eigenvalue weighted by atomic mass is 19.4. The quantitative estimate of drug-likeness (QED) is 0.687. The Bertz CT molecular complexity index is 231. The van der Waals surface area contributed by atoms with Gasteiger partial charge in [-0.15, -0.1) is 0 Å². The predicted molar refractivity (Wildman–Crippen MR) is 63.9 cm³/mol. The molecule has 0 aromatic carbocycles. The first-order chi connectivity index (χ1) is 7.73. The van der Waals surface area contributed by atoms with Crippen LogP contribution >= 0.6 is 0 Å². The molecular formula is C13H24F3N. The van der Waals surface area contributed by atoms with Crippen molar-refractivity contribution in [2.45, 2.75) is 65.2 Å². The predicted octanol–water partition coefficient (Wildman–Crippen LogP) is 4.08. The van der Waals surface area contributed by atoms with Gasteiger partial charge in [-0.1, -0.05) is 27.7 Å². The molecule has 0 saturated heterocycles. The number of hydrogen-bond acceptors (Lipinski definition) is 1. The van der Waals surface area contributed by atoms with Crippen LogP contribution in [0.1, 0.15) is 47.0 Å². The SMILES string of the molecule is CC(C)CCN(C1CC1)[C@@H](C(C)C)C(F)(F)F. The summed E-state index contributed by atoms with van der Waals surface area (Å²) in [6.07, 6.45) is -1.40. The summed E-state index contributed by atoms with van der Waals surface area (Å²) < 4.78 is 39.3. The molecule has 0 aromatic heterocycles. The zero-order valence-corrected chi connectivity index (χ0v) is 11.2. The number of alkyl halides is 3. The lowest BCUT2D eigenvalue weighted by Gasteiger charge is -2.36. The summed E-state index contributed by atoms with van der Waals surface area (Å²) in [5, 5.41) is 0. The van der Waals surface area contributed by atoms with E-state index in [2.05, 4.69) is 13.8 Å². The van der Waals surface area contributed by atoms with Crippen molar-refractivity contribution in [2.24, 2.45) is 11.8 Å². The summed E-state index contributed by atoms with van der Waals surface area (Å²) in [5.41, 5.74) is 0. The average Bonchev–Trinajstić information content (AvgIpc) is 2.91. The van der Waals surface area contributed by atoms with Crippen LogP contribution in [0.4, 0.5) is 13.2 Å². The molecule has 1 aliphatic carbocycles. The average molecular weight is 251 g/mol. The van der Waals surface area contributed by atoms with Crippen molar-refractivity contribution >= 4 is 0 Å². The molecule has 0 amide bonds. The molecule has 17 heavy (non-hydrogen) atoms. The Kier molecular flexibility index (Phi) is 4.87. The molecule has 0 spiro atoms. The van der Waals surface area contributed by atoms with Gasteiger partial charge in [0.2, 0.25) is 0 Å². The fourth-order valence-electron chi connectivity index (χ4n) is 2.31. The van der Waals surface area contributed by atoms with Crippen molar-refractivity contribution in [3.8, 4) is 0 Å². The molecule has 1 fully saturated rings. The number of rotatable bonds is 6. The van der Waals surface area contributed by atoms with Crippen LogP contribution in [0, 0.1) is 11.8 Å². The van der Waals surface area contributed by atoms with Crippen molar-refractivity contribution in [2.75, 3.05) is 6.54 Å². The van der Waals surface area contributed by atoms with Crippen molar-refractivity contribution < 1.29 is 13.2 Å². The number of halogens is 3. The maximum atomic E-state index is 13.1. The van der Waals surface area contributed by atoms with Gasteiger partial charge < -0.3 is 0 Å². The Hall–Kier alpha value is -0.250. The molecule has 1 nitrogen and oxygen atoms in total. The summed E-state index contributed by atoms with van der Waals surface area (Å²) in [6, 6.07) is -1.10. The summed E-state index contributed by atoms with van der Waals surface area (Å²) in [4.78, 5) is 1.70. The van der Waals surface area contributed by atoms with E-state index in [0.29, 0.717) is 12.5 Å². The molecule has 102 valence electrons. The second kappa shape index (κ2) is 5.59. The monoisotopic (exact) mass is 251 g/mol. The van der Waals surface area contributed by atoms with Crippen LogP contribution in [0.15, 0.2) is 0 Å². The standard InChI is InChI=1S/C13H24F3N/c1-9(2)7-8-17(11-5-6-11)12(10(3)4)13(14,15)16/h9-12H,5-8H2,1-4H3/t12-/m0/s1. The van der Waals surface area contributed by atoms with Crippen molar-refractivity contribution in [1.29, 1.82) is 0 Å². The van der Waals surface area contributed by atoms with Crippen LogP contribution in [0.25, 0.3) is 0 Å². The van der Waals surface area contributed by atoms with Gasteiger partial charge in [0, 0.05) is 6.04 Å². The van der Waals surface area contributed by atoms with E-state index in [0.717, 1.165) is 19.3 Å². The van der Waals surface area contributed by atoms with Crippen molar-refractivity contribution in [3.05, 3.63) is 0 Å². The molecule has 0 bridgehead atoms. The normalized spacial score (nSPS) is 19.4. The second-order valence-corrected chi connectivity index (χ2v) is 5.88. The van der Waals surface area contributed by atoms with Gasteiger partial charge in [-0.2, -0.15) is 13.2 Å². The first-order valence-electron chi connectivity index (χ1n) is 6.56. The largest absolute Gasteiger partial charge is 0.404 e. The molecule has 1 aliphatic rings. The highest BCUT2D eigenvalue weighted by molar-refractivity contribution is 4.92. The van der Waals surface area contributed by atoms with Gasteiger partial charge in [-0.25, -0.2) is 0 Å².